The van der Waals surface area contributed by atoms with Crippen molar-refractivity contribution in [3.63, 3.8) is 0 Å². The van der Waals surface area contributed by atoms with Crippen LogP contribution in [-0.2, 0) is 18.6 Å². The predicted molar refractivity (Wildman–Crippen MR) is 161 cm³/mol. The maximum atomic E-state index is 12.7. The van der Waals surface area contributed by atoms with Gasteiger partial charge in [-0.25, -0.2) is 4.79 Å². The van der Waals surface area contributed by atoms with Gasteiger partial charge in [-0.2, -0.15) is 11.8 Å². The van der Waals surface area contributed by atoms with Crippen molar-refractivity contribution in [2.24, 2.45) is 11.8 Å². The molecule has 226 valence electrons. The van der Waals surface area contributed by atoms with E-state index in [1.807, 2.05) is 6.92 Å². The molecule has 1 fully saturated rings. The Morgan fingerprint density at radius 2 is 1.53 bits per heavy atom. The molecule has 6 nitrogen and oxygen atoms in total. The summed E-state index contributed by atoms with van der Waals surface area (Å²) in [6.07, 6.45) is 21.9. The molecule has 1 aliphatic rings. The van der Waals surface area contributed by atoms with Crippen LogP contribution in [0.4, 0.5) is 0 Å². The number of carboxylic acids is 1. The van der Waals surface area contributed by atoms with Crippen LogP contribution in [0, 0.1) is 11.8 Å². The zero-order valence-corrected chi connectivity index (χ0v) is 26.7. The molecule has 8 heteroatoms. The van der Waals surface area contributed by atoms with Crippen LogP contribution in [0.25, 0.3) is 0 Å². The van der Waals surface area contributed by atoms with Gasteiger partial charge in [0.1, 0.15) is 0 Å². The summed E-state index contributed by atoms with van der Waals surface area (Å²) in [6.45, 7) is 7.05. The van der Waals surface area contributed by atoms with Crippen molar-refractivity contribution in [1.82, 2.24) is 0 Å². The van der Waals surface area contributed by atoms with E-state index in [0.29, 0.717) is 12.8 Å². The Kier molecular flexibility index (Phi) is 19.6. The van der Waals surface area contributed by atoms with Crippen LogP contribution in [0.5, 0.6) is 0 Å². The number of ether oxygens (including phenoxy) is 1. The van der Waals surface area contributed by atoms with Gasteiger partial charge in [-0.3, -0.25) is 4.57 Å². The highest BCUT2D eigenvalue weighted by molar-refractivity contribution is 7.99. The number of thioether (sulfide) groups is 1. The second-order valence-electron chi connectivity index (χ2n) is 11.5. The zero-order valence-electron chi connectivity index (χ0n) is 25.0. The van der Waals surface area contributed by atoms with Crippen molar-refractivity contribution < 1.29 is 28.6 Å². The van der Waals surface area contributed by atoms with Gasteiger partial charge in [-0.15, -0.1) is 0 Å². The fourth-order valence-electron chi connectivity index (χ4n) is 5.52. The fraction of sp³-hybridized carbons (Fsp3) is 0.967. The van der Waals surface area contributed by atoms with E-state index in [2.05, 4.69) is 18.7 Å². The summed E-state index contributed by atoms with van der Waals surface area (Å²) in [6, 6.07) is 0. The summed E-state index contributed by atoms with van der Waals surface area (Å²) in [5.41, 5.74) is 0. The smallest absolute Gasteiger partial charge is 0.371 e. The van der Waals surface area contributed by atoms with Crippen molar-refractivity contribution in [3.05, 3.63) is 0 Å². The predicted octanol–water partition coefficient (Wildman–Crippen LogP) is 9.44. The third kappa shape index (κ3) is 14.0. The standard InChI is InChI=1S/C30H59O6PS/c1-5-7-8-14-19-28(27-20-15-16-21-27)22-25-38-24-17-12-10-9-11-13-18-26(3)36-37(33,34)30(4,29(31)32)35-23-6-2/h26-28H,5-25H2,1-4H3,(H,31,32)(H,33,34). The Hall–Kier alpha value is -0.0700. The van der Waals surface area contributed by atoms with Gasteiger partial charge in [0.25, 0.3) is 5.34 Å². The van der Waals surface area contributed by atoms with E-state index < -0.39 is 25.0 Å². The van der Waals surface area contributed by atoms with E-state index in [1.165, 1.54) is 95.0 Å². The minimum Gasteiger partial charge on any atom is -0.479 e. The average molecular weight is 579 g/mol. The molecule has 0 aliphatic heterocycles. The summed E-state index contributed by atoms with van der Waals surface area (Å²) in [5.74, 6) is 3.09. The number of hydrogen-bond donors (Lipinski definition) is 2. The molecule has 0 spiro atoms. The van der Waals surface area contributed by atoms with Crippen LogP contribution in [0.1, 0.15) is 143 Å². The Morgan fingerprint density at radius 3 is 2.16 bits per heavy atom. The average Bonchev–Trinajstić information content (AvgIpc) is 3.41. The quantitative estimate of drug-likeness (QED) is 0.0823. The first-order valence-electron chi connectivity index (χ1n) is 15.6. The molecule has 0 radical (unpaired) electrons. The molecule has 1 saturated carbocycles. The van der Waals surface area contributed by atoms with Gasteiger partial charge in [-0.05, 0) is 62.9 Å². The van der Waals surface area contributed by atoms with Crippen molar-refractivity contribution in [1.29, 1.82) is 0 Å². The molecule has 1 rings (SSSR count). The molecule has 0 aromatic carbocycles. The lowest BCUT2D eigenvalue weighted by molar-refractivity contribution is -0.155. The molecule has 0 aromatic rings. The number of carboxylic acid groups (broad SMARTS) is 1. The minimum absolute atomic E-state index is 0.0870. The lowest BCUT2D eigenvalue weighted by Crippen LogP contribution is -2.39. The zero-order chi connectivity index (χ0) is 28.3. The Balaban J connectivity index is 2.12. The van der Waals surface area contributed by atoms with E-state index in [9.17, 15) is 19.4 Å². The van der Waals surface area contributed by atoms with Gasteiger partial charge in [0.05, 0.1) is 6.10 Å². The number of aliphatic carboxylic acids is 1. The number of hydrogen-bond acceptors (Lipinski definition) is 5. The SMILES string of the molecule is CCCCCCC(CCSCCCCCCCCC(C)OP(=O)(O)C(C)(OCCC)C(=O)O)C1CCCC1. The van der Waals surface area contributed by atoms with Crippen molar-refractivity contribution >= 4 is 25.3 Å². The highest BCUT2D eigenvalue weighted by atomic mass is 32.2. The van der Waals surface area contributed by atoms with Crippen LogP contribution in [0.15, 0.2) is 0 Å². The summed E-state index contributed by atoms with van der Waals surface area (Å²) in [7, 11) is -4.48. The van der Waals surface area contributed by atoms with Crippen LogP contribution >= 0.6 is 19.4 Å². The third-order valence-corrected chi connectivity index (χ3v) is 11.3. The van der Waals surface area contributed by atoms with Gasteiger partial charge in [0.15, 0.2) is 0 Å². The van der Waals surface area contributed by atoms with Gasteiger partial charge < -0.3 is 19.3 Å². The lowest BCUT2D eigenvalue weighted by atomic mass is 9.84. The van der Waals surface area contributed by atoms with Gasteiger partial charge in [0.2, 0.25) is 0 Å². The molecule has 0 aromatic heterocycles. The molecule has 0 saturated heterocycles. The maximum absolute atomic E-state index is 12.7. The summed E-state index contributed by atoms with van der Waals surface area (Å²) < 4.78 is 23.2. The maximum Gasteiger partial charge on any atom is 0.371 e. The van der Waals surface area contributed by atoms with Gasteiger partial charge >= 0.3 is 13.6 Å². The van der Waals surface area contributed by atoms with Crippen LogP contribution in [0.3, 0.4) is 0 Å². The van der Waals surface area contributed by atoms with E-state index in [1.54, 1.807) is 6.92 Å². The van der Waals surface area contributed by atoms with Crippen molar-refractivity contribution in [2.45, 2.75) is 155 Å². The normalized spacial score (nSPS) is 19.2. The van der Waals surface area contributed by atoms with Gasteiger partial charge in [0, 0.05) is 6.61 Å². The van der Waals surface area contributed by atoms with E-state index in [0.717, 1.165) is 38.0 Å². The molecule has 0 bridgehead atoms. The highest BCUT2D eigenvalue weighted by Crippen LogP contribution is 2.57. The topological polar surface area (TPSA) is 93.1 Å². The molecular formula is C30H59O6PS. The lowest BCUT2D eigenvalue weighted by Gasteiger charge is -2.31. The fourth-order valence-corrected chi connectivity index (χ4v) is 7.89. The molecule has 0 heterocycles. The first kappa shape index (κ1) is 36.0. The monoisotopic (exact) mass is 578 g/mol. The number of unbranched alkanes of at least 4 members (excludes halogenated alkanes) is 8. The van der Waals surface area contributed by atoms with Gasteiger partial charge in [-0.1, -0.05) is 104 Å². The van der Waals surface area contributed by atoms with E-state index in [4.69, 9.17) is 9.26 Å². The first-order valence-corrected chi connectivity index (χ1v) is 18.4. The number of rotatable bonds is 25. The van der Waals surface area contributed by atoms with Crippen LogP contribution < -0.4 is 0 Å². The first-order chi connectivity index (χ1) is 18.2. The van der Waals surface area contributed by atoms with E-state index in [-0.39, 0.29) is 6.61 Å². The molecule has 2 N–H and O–H groups in total. The Bertz CT molecular complexity index is 657. The molecule has 4 unspecified atom stereocenters. The summed E-state index contributed by atoms with van der Waals surface area (Å²) >= 11 is 2.15. The molecule has 38 heavy (non-hydrogen) atoms. The minimum atomic E-state index is -4.48. The molecule has 4 atom stereocenters. The Labute approximate surface area is 238 Å². The van der Waals surface area contributed by atoms with Crippen molar-refractivity contribution in [3.8, 4) is 0 Å². The van der Waals surface area contributed by atoms with E-state index >= 15 is 0 Å². The van der Waals surface area contributed by atoms with Crippen LogP contribution in [-0.4, -0.2) is 45.5 Å². The second-order valence-corrected chi connectivity index (χ2v) is 14.9. The Morgan fingerprint density at radius 1 is 0.921 bits per heavy atom. The third-order valence-electron chi connectivity index (χ3n) is 8.12. The second kappa shape index (κ2) is 20.8. The molecule has 1 aliphatic carbocycles. The van der Waals surface area contributed by atoms with Crippen molar-refractivity contribution in [2.75, 3.05) is 18.1 Å². The van der Waals surface area contributed by atoms with Crippen LogP contribution in [0.2, 0.25) is 0 Å². The number of carbonyl (C=O) groups is 1. The molecule has 0 amide bonds. The summed E-state index contributed by atoms with van der Waals surface area (Å²) in [4.78, 5) is 21.9. The summed E-state index contributed by atoms with van der Waals surface area (Å²) in [5, 5.41) is 7.22. The highest BCUT2D eigenvalue weighted by Gasteiger charge is 2.54. The largest absolute Gasteiger partial charge is 0.479 e. The molecular weight excluding hydrogens is 519 g/mol.